The first-order valence-electron chi connectivity index (χ1n) is 10.8. The summed E-state index contributed by atoms with van der Waals surface area (Å²) in [5.74, 6) is -0.794. The molecule has 35 heavy (non-hydrogen) atoms. The monoisotopic (exact) mass is 494 g/mol. The number of halogens is 1. The summed E-state index contributed by atoms with van der Waals surface area (Å²) < 4.78 is 3.49. The van der Waals surface area contributed by atoms with Gasteiger partial charge in [0.2, 0.25) is 11.7 Å². The van der Waals surface area contributed by atoms with E-state index in [9.17, 15) is 19.2 Å². The maximum absolute atomic E-state index is 13.3. The van der Waals surface area contributed by atoms with Gasteiger partial charge in [-0.1, -0.05) is 17.7 Å². The fraction of sp³-hybridized carbons (Fsp3) is 0.208. The number of hydrogen-bond donors (Lipinski definition) is 2. The Bertz CT molecular complexity index is 1580. The zero-order chi connectivity index (χ0) is 25.3. The van der Waals surface area contributed by atoms with Crippen LogP contribution in [0.1, 0.15) is 24.2 Å². The minimum Gasteiger partial charge on any atom is -0.350 e. The average molecular weight is 495 g/mol. The molecule has 0 radical (unpaired) electrons. The normalized spacial score (nSPS) is 11.2. The lowest BCUT2D eigenvalue weighted by molar-refractivity contribution is -0.117. The molecule has 0 fully saturated rings. The van der Waals surface area contributed by atoms with E-state index in [1.807, 2.05) is 13.8 Å². The van der Waals surface area contributed by atoms with E-state index in [1.54, 1.807) is 24.3 Å². The minimum atomic E-state index is -0.629. The lowest BCUT2D eigenvalue weighted by Crippen LogP contribution is -2.31. The molecule has 0 saturated carbocycles. The second-order valence-electron chi connectivity index (χ2n) is 8.20. The maximum atomic E-state index is 13.3. The number of carbonyl (C=O) groups is 2. The number of aromatic nitrogens is 4. The van der Waals surface area contributed by atoms with E-state index in [4.69, 9.17) is 11.6 Å². The molecule has 0 spiro atoms. The van der Waals surface area contributed by atoms with E-state index in [0.717, 1.165) is 4.68 Å². The smallest absolute Gasteiger partial charge is 0.350 e. The Hall–Kier alpha value is -4.18. The number of nitrogens with zero attached hydrogens (tertiary/aromatic N) is 4. The van der Waals surface area contributed by atoms with Gasteiger partial charge in [-0.2, -0.15) is 0 Å². The van der Waals surface area contributed by atoms with Gasteiger partial charge in [0, 0.05) is 28.9 Å². The van der Waals surface area contributed by atoms with Crippen molar-refractivity contribution in [3.05, 3.63) is 86.5 Å². The third kappa shape index (κ3) is 4.73. The van der Waals surface area contributed by atoms with Gasteiger partial charge in [0.15, 0.2) is 0 Å². The van der Waals surface area contributed by atoms with Crippen molar-refractivity contribution in [2.75, 3.05) is 5.32 Å². The SMILES string of the molecule is C=CCn1c(=O)c2ccc(C(=O)NC(C)C)cc2n2c(=O)n(CC(=O)Nc3ccc(Cl)cc3)nc12. The van der Waals surface area contributed by atoms with E-state index < -0.39 is 17.2 Å². The number of nitrogens with one attached hydrogen (secondary N) is 2. The Labute approximate surface area is 204 Å². The van der Waals surface area contributed by atoms with E-state index >= 15 is 0 Å². The Morgan fingerprint density at radius 1 is 1.14 bits per heavy atom. The molecule has 11 heteroatoms. The molecule has 0 aliphatic rings. The quantitative estimate of drug-likeness (QED) is 0.382. The molecule has 2 amide bonds. The highest BCUT2D eigenvalue weighted by atomic mass is 35.5. The van der Waals surface area contributed by atoms with Crippen LogP contribution in [-0.4, -0.2) is 36.6 Å². The van der Waals surface area contributed by atoms with E-state index in [1.165, 1.54) is 33.2 Å². The van der Waals surface area contributed by atoms with Crippen LogP contribution in [0.4, 0.5) is 5.69 Å². The van der Waals surface area contributed by atoms with Crippen LogP contribution in [0.15, 0.2) is 64.7 Å². The number of hydrogen-bond acceptors (Lipinski definition) is 5. The summed E-state index contributed by atoms with van der Waals surface area (Å²) in [5, 5.41) is 10.5. The zero-order valence-electron chi connectivity index (χ0n) is 19.1. The first-order valence-corrected chi connectivity index (χ1v) is 11.2. The summed E-state index contributed by atoms with van der Waals surface area (Å²) in [5.41, 5.74) is -0.0166. The fourth-order valence-corrected chi connectivity index (χ4v) is 3.79. The molecule has 4 aromatic rings. The van der Waals surface area contributed by atoms with Crippen LogP contribution >= 0.6 is 11.6 Å². The van der Waals surface area contributed by atoms with E-state index in [0.29, 0.717) is 10.7 Å². The molecule has 2 aromatic heterocycles. The standard InChI is InChI=1S/C24H23ClN6O4/c1-4-11-29-22(34)18-10-5-15(21(33)26-14(2)3)12-19(18)31-23(29)28-30(24(31)35)13-20(32)27-17-8-6-16(25)7-9-17/h4-10,12,14H,1,11,13H2,2-3H3,(H,26,33)(H,27,32). The van der Waals surface area contributed by atoms with Crippen molar-refractivity contribution < 1.29 is 9.59 Å². The summed E-state index contributed by atoms with van der Waals surface area (Å²) in [4.78, 5) is 51.6. The fourth-order valence-electron chi connectivity index (χ4n) is 3.67. The van der Waals surface area contributed by atoms with Crippen molar-refractivity contribution >= 4 is 45.8 Å². The first-order chi connectivity index (χ1) is 16.7. The molecule has 0 saturated heterocycles. The predicted octanol–water partition coefficient (Wildman–Crippen LogP) is 2.43. The van der Waals surface area contributed by atoms with E-state index in [-0.39, 0.29) is 47.3 Å². The average Bonchev–Trinajstić information content (AvgIpc) is 3.13. The topological polar surface area (TPSA) is 120 Å². The summed E-state index contributed by atoms with van der Waals surface area (Å²) >= 11 is 5.87. The predicted molar refractivity (Wildman–Crippen MR) is 134 cm³/mol. The van der Waals surface area contributed by atoms with Gasteiger partial charge in [-0.3, -0.25) is 19.0 Å². The number of benzene rings is 2. The van der Waals surface area contributed by atoms with Crippen LogP contribution in [0.3, 0.4) is 0 Å². The number of allylic oxidation sites excluding steroid dienone is 1. The molecule has 0 aliphatic carbocycles. The van der Waals surface area contributed by atoms with Crippen LogP contribution in [0.25, 0.3) is 16.7 Å². The van der Waals surface area contributed by atoms with Crippen molar-refractivity contribution in [2.45, 2.75) is 33.0 Å². The van der Waals surface area contributed by atoms with Crippen molar-refractivity contribution in [1.82, 2.24) is 24.1 Å². The Morgan fingerprint density at radius 3 is 2.51 bits per heavy atom. The number of fused-ring (bicyclic) bond motifs is 3. The second kappa shape index (κ2) is 9.59. The lowest BCUT2D eigenvalue weighted by atomic mass is 10.1. The van der Waals surface area contributed by atoms with Gasteiger partial charge in [0.05, 0.1) is 10.9 Å². The molecule has 2 aromatic carbocycles. The van der Waals surface area contributed by atoms with Crippen molar-refractivity contribution in [1.29, 1.82) is 0 Å². The highest BCUT2D eigenvalue weighted by molar-refractivity contribution is 6.30. The molecule has 4 rings (SSSR count). The van der Waals surface area contributed by atoms with Gasteiger partial charge in [0.25, 0.3) is 11.5 Å². The van der Waals surface area contributed by atoms with Gasteiger partial charge in [0.1, 0.15) is 6.54 Å². The number of rotatable bonds is 7. The molecule has 180 valence electrons. The highest BCUT2D eigenvalue weighted by Gasteiger charge is 2.20. The number of amides is 2. The van der Waals surface area contributed by atoms with Crippen molar-refractivity contribution in [2.24, 2.45) is 0 Å². The third-order valence-corrected chi connectivity index (χ3v) is 5.44. The van der Waals surface area contributed by atoms with Crippen LogP contribution < -0.4 is 21.9 Å². The summed E-state index contributed by atoms with van der Waals surface area (Å²) in [6.07, 6.45) is 1.51. The number of carbonyl (C=O) groups excluding carboxylic acids is 2. The molecule has 0 atom stereocenters. The summed E-state index contributed by atoms with van der Waals surface area (Å²) in [7, 11) is 0. The largest absolute Gasteiger partial charge is 0.352 e. The Morgan fingerprint density at radius 2 is 1.86 bits per heavy atom. The molecule has 10 nitrogen and oxygen atoms in total. The minimum absolute atomic E-state index is 0.0353. The van der Waals surface area contributed by atoms with Gasteiger partial charge >= 0.3 is 5.69 Å². The molecule has 0 aliphatic heterocycles. The van der Waals surface area contributed by atoms with Crippen molar-refractivity contribution in [3.8, 4) is 0 Å². The molecule has 0 unspecified atom stereocenters. The zero-order valence-corrected chi connectivity index (χ0v) is 19.9. The third-order valence-electron chi connectivity index (χ3n) is 5.19. The molecule has 0 bridgehead atoms. The van der Waals surface area contributed by atoms with Crippen LogP contribution in [0.2, 0.25) is 5.02 Å². The summed E-state index contributed by atoms with van der Waals surface area (Å²) in [6.45, 7) is 7.04. The van der Waals surface area contributed by atoms with Crippen LogP contribution in [-0.2, 0) is 17.9 Å². The lowest BCUT2D eigenvalue weighted by Gasteiger charge is -2.11. The van der Waals surface area contributed by atoms with Gasteiger partial charge in [-0.05, 0) is 56.3 Å². The molecular weight excluding hydrogens is 472 g/mol. The highest BCUT2D eigenvalue weighted by Crippen LogP contribution is 2.15. The summed E-state index contributed by atoms with van der Waals surface area (Å²) in [6, 6.07) is 10.9. The van der Waals surface area contributed by atoms with Crippen LogP contribution in [0, 0.1) is 0 Å². The van der Waals surface area contributed by atoms with Crippen LogP contribution in [0.5, 0.6) is 0 Å². The van der Waals surface area contributed by atoms with Gasteiger partial charge in [-0.15, -0.1) is 11.7 Å². The maximum Gasteiger partial charge on any atom is 0.352 e. The molecule has 2 heterocycles. The van der Waals surface area contributed by atoms with Crippen molar-refractivity contribution in [3.63, 3.8) is 0 Å². The van der Waals surface area contributed by atoms with Gasteiger partial charge < -0.3 is 10.6 Å². The molecular formula is C24H23ClN6O4. The van der Waals surface area contributed by atoms with E-state index in [2.05, 4.69) is 22.3 Å². The number of anilines is 1. The Kier molecular flexibility index (Phi) is 6.57. The first kappa shape index (κ1) is 24.0. The molecule has 2 N–H and O–H groups in total. The second-order valence-corrected chi connectivity index (χ2v) is 8.63. The Balaban J connectivity index is 1.83. The van der Waals surface area contributed by atoms with Gasteiger partial charge in [-0.25, -0.2) is 13.9 Å².